The van der Waals surface area contributed by atoms with E-state index in [0.29, 0.717) is 12.3 Å². The van der Waals surface area contributed by atoms with Crippen molar-refractivity contribution in [1.82, 2.24) is 15.3 Å². The van der Waals surface area contributed by atoms with Gasteiger partial charge in [0.2, 0.25) is 0 Å². The summed E-state index contributed by atoms with van der Waals surface area (Å²) in [5, 5.41) is 3.60. The number of aromatic nitrogens is 2. The highest BCUT2D eigenvalue weighted by Gasteiger charge is 2.14. The molecule has 0 aliphatic rings. The lowest BCUT2D eigenvalue weighted by atomic mass is 10.2. The van der Waals surface area contributed by atoms with Gasteiger partial charge in [0, 0.05) is 18.9 Å². The molecule has 1 N–H and O–H groups in total. The van der Waals surface area contributed by atoms with Gasteiger partial charge in [0.1, 0.15) is 0 Å². The lowest BCUT2D eigenvalue weighted by molar-refractivity contribution is 0.0924. The van der Waals surface area contributed by atoms with Gasteiger partial charge in [-0.2, -0.15) is 0 Å². The quantitative estimate of drug-likeness (QED) is 0.614. The molecule has 0 saturated heterocycles. The van der Waals surface area contributed by atoms with Crippen LogP contribution in [0.4, 0.5) is 0 Å². The Morgan fingerprint density at radius 1 is 1.08 bits per heavy atom. The second-order valence-corrected chi connectivity index (χ2v) is 6.22. The molecule has 0 bridgehead atoms. The first-order valence-electron chi connectivity index (χ1n) is 7.42. The van der Waals surface area contributed by atoms with Gasteiger partial charge in [-0.1, -0.05) is 12.1 Å². The molecule has 1 amide bonds. The van der Waals surface area contributed by atoms with Crippen LogP contribution in [0.5, 0.6) is 0 Å². The fourth-order valence-corrected chi connectivity index (χ4v) is 3.25. The minimum absolute atomic E-state index is 0.251. The van der Waals surface area contributed by atoms with E-state index in [4.69, 9.17) is 4.42 Å². The van der Waals surface area contributed by atoms with Gasteiger partial charge in [-0.15, -0.1) is 11.3 Å². The molecule has 1 aromatic carbocycles. The minimum atomic E-state index is -0.251. The van der Waals surface area contributed by atoms with Crippen LogP contribution >= 0.6 is 11.3 Å². The van der Waals surface area contributed by atoms with Crippen molar-refractivity contribution >= 4 is 27.5 Å². The summed E-state index contributed by atoms with van der Waals surface area (Å²) in [7, 11) is 0. The average molecular weight is 335 g/mol. The zero-order valence-electron chi connectivity index (χ0n) is 12.6. The highest BCUT2D eigenvalue weighted by molar-refractivity contribution is 7.21. The number of rotatable bonds is 4. The van der Waals surface area contributed by atoms with E-state index in [2.05, 4.69) is 15.3 Å². The third kappa shape index (κ3) is 2.91. The number of amides is 1. The van der Waals surface area contributed by atoms with Crippen LogP contribution in [-0.4, -0.2) is 15.9 Å². The number of carbonyl (C=O) groups excluding carboxylic acids is 1. The van der Waals surface area contributed by atoms with E-state index < -0.39 is 0 Å². The smallest absolute Gasteiger partial charge is 0.287 e. The Morgan fingerprint density at radius 3 is 2.75 bits per heavy atom. The van der Waals surface area contributed by atoms with Crippen molar-refractivity contribution in [3.8, 4) is 10.8 Å². The molecule has 0 unspecified atom stereocenters. The van der Waals surface area contributed by atoms with Crippen molar-refractivity contribution in [1.29, 1.82) is 0 Å². The fourth-order valence-electron chi connectivity index (χ4n) is 2.32. The van der Waals surface area contributed by atoms with Crippen molar-refractivity contribution in [2.24, 2.45) is 0 Å². The van der Waals surface area contributed by atoms with Crippen LogP contribution in [0.1, 0.15) is 16.1 Å². The van der Waals surface area contributed by atoms with E-state index in [1.165, 1.54) is 0 Å². The highest BCUT2D eigenvalue weighted by Crippen LogP contribution is 2.31. The van der Waals surface area contributed by atoms with E-state index in [0.717, 1.165) is 20.8 Å². The van der Waals surface area contributed by atoms with E-state index in [1.807, 2.05) is 36.4 Å². The normalized spacial score (nSPS) is 10.8. The molecule has 4 aromatic rings. The Kier molecular flexibility index (Phi) is 3.80. The summed E-state index contributed by atoms with van der Waals surface area (Å²) < 4.78 is 6.76. The van der Waals surface area contributed by atoms with Gasteiger partial charge in [0.15, 0.2) is 16.5 Å². The molecular weight excluding hydrogens is 322 g/mol. The Labute approximate surface area is 142 Å². The van der Waals surface area contributed by atoms with Crippen LogP contribution in [0.3, 0.4) is 0 Å². The molecule has 0 aliphatic heterocycles. The molecule has 4 rings (SSSR count). The number of benzene rings is 1. The van der Waals surface area contributed by atoms with Crippen LogP contribution < -0.4 is 5.32 Å². The molecule has 3 heterocycles. The first-order valence-corrected chi connectivity index (χ1v) is 8.24. The second kappa shape index (κ2) is 6.25. The summed E-state index contributed by atoms with van der Waals surface area (Å²) in [5.74, 6) is 0.628. The van der Waals surface area contributed by atoms with Crippen LogP contribution in [0.2, 0.25) is 0 Å². The van der Waals surface area contributed by atoms with E-state index in [1.54, 1.807) is 35.9 Å². The molecular formula is C18H13N3O2S. The number of pyridine rings is 1. The largest absolute Gasteiger partial charge is 0.448 e. The molecule has 6 heteroatoms. The summed E-state index contributed by atoms with van der Waals surface area (Å²) in [6.45, 7) is 0.429. The molecule has 0 fully saturated rings. The van der Waals surface area contributed by atoms with Crippen LogP contribution in [0.15, 0.2) is 65.3 Å². The predicted octanol–water partition coefficient (Wildman–Crippen LogP) is 3.88. The predicted molar refractivity (Wildman–Crippen MR) is 92.7 cm³/mol. The van der Waals surface area contributed by atoms with Crippen LogP contribution in [0, 0.1) is 0 Å². The third-order valence-corrected chi connectivity index (χ3v) is 4.59. The van der Waals surface area contributed by atoms with Crippen LogP contribution in [0.25, 0.3) is 21.0 Å². The number of hydrogen-bond donors (Lipinski definition) is 1. The first-order chi connectivity index (χ1) is 11.8. The van der Waals surface area contributed by atoms with Crippen molar-refractivity contribution in [2.75, 3.05) is 0 Å². The summed E-state index contributed by atoms with van der Waals surface area (Å²) >= 11 is 1.54. The zero-order chi connectivity index (χ0) is 16.4. The Morgan fingerprint density at radius 2 is 1.92 bits per heavy atom. The van der Waals surface area contributed by atoms with Gasteiger partial charge in [0.05, 0.1) is 10.2 Å². The lowest BCUT2D eigenvalue weighted by Gasteiger charge is -2.02. The molecule has 118 valence electrons. The third-order valence-electron chi connectivity index (χ3n) is 3.54. The number of thiazole rings is 1. The maximum absolute atomic E-state index is 12.2. The van der Waals surface area contributed by atoms with Gasteiger partial charge in [0.25, 0.3) is 5.91 Å². The van der Waals surface area contributed by atoms with Gasteiger partial charge < -0.3 is 9.73 Å². The molecule has 0 atom stereocenters. The standard InChI is InChI=1S/C18H13N3O2S/c22-17(20-11-12-7-9-19-10-8-12)14-5-6-15(23-14)18-21-13-3-1-2-4-16(13)24-18/h1-10H,11H2,(H,20,22). The first kappa shape index (κ1) is 14.6. The van der Waals surface area contributed by atoms with Gasteiger partial charge >= 0.3 is 0 Å². The minimum Gasteiger partial charge on any atom is -0.448 e. The molecule has 0 saturated carbocycles. The molecule has 0 spiro atoms. The fraction of sp³-hybridized carbons (Fsp3) is 0.0556. The lowest BCUT2D eigenvalue weighted by Crippen LogP contribution is -2.22. The Bertz CT molecular complexity index is 959. The number of para-hydroxylation sites is 1. The summed E-state index contributed by atoms with van der Waals surface area (Å²) in [4.78, 5) is 20.7. The SMILES string of the molecule is O=C(NCc1ccncc1)c1ccc(-c2nc3ccccc3s2)o1. The number of furan rings is 1. The maximum atomic E-state index is 12.2. The molecule has 0 aliphatic carbocycles. The van der Waals surface area contributed by atoms with Gasteiger partial charge in [-0.25, -0.2) is 4.98 Å². The summed E-state index contributed by atoms with van der Waals surface area (Å²) in [6, 6.07) is 15.1. The maximum Gasteiger partial charge on any atom is 0.287 e. The van der Waals surface area contributed by atoms with Crippen molar-refractivity contribution in [2.45, 2.75) is 6.54 Å². The number of fused-ring (bicyclic) bond motifs is 1. The summed E-state index contributed by atoms with van der Waals surface area (Å²) in [5.41, 5.74) is 1.91. The number of nitrogens with zero attached hydrogens (tertiary/aromatic N) is 2. The molecule has 3 aromatic heterocycles. The van der Waals surface area contributed by atoms with Crippen molar-refractivity contribution < 1.29 is 9.21 Å². The van der Waals surface area contributed by atoms with E-state index >= 15 is 0 Å². The monoisotopic (exact) mass is 335 g/mol. The number of hydrogen-bond acceptors (Lipinski definition) is 5. The van der Waals surface area contributed by atoms with Crippen LogP contribution in [-0.2, 0) is 6.54 Å². The second-order valence-electron chi connectivity index (χ2n) is 5.19. The zero-order valence-corrected chi connectivity index (χ0v) is 13.4. The molecule has 0 radical (unpaired) electrons. The number of nitrogens with one attached hydrogen (secondary N) is 1. The van der Waals surface area contributed by atoms with E-state index in [-0.39, 0.29) is 11.7 Å². The van der Waals surface area contributed by atoms with Gasteiger partial charge in [-0.3, -0.25) is 9.78 Å². The van der Waals surface area contributed by atoms with E-state index in [9.17, 15) is 4.79 Å². The van der Waals surface area contributed by atoms with Gasteiger partial charge in [-0.05, 0) is 42.0 Å². The van der Waals surface area contributed by atoms with Crippen molar-refractivity contribution in [3.05, 3.63) is 72.2 Å². The Balaban J connectivity index is 1.50. The number of carbonyl (C=O) groups is 1. The Hall–Kier alpha value is -2.99. The summed E-state index contributed by atoms with van der Waals surface area (Å²) in [6.07, 6.45) is 3.39. The molecule has 24 heavy (non-hydrogen) atoms. The van der Waals surface area contributed by atoms with Crippen molar-refractivity contribution in [3.63, 3.8) is 0 Å². The highest BCUT2D eigenvalue weighted by atomic mass is 32.1. The molecule has 5 nitrogen and oxygen atoms in total. The topological polar surface area (TPSA) is 68.0 Å². The average Bonchev–Trinajstić information content (AvgIpc) is 3.27.